The highest BCUT2D eigenvalue weighted by Gasteiger charge is 2.32. The predicted octanol–water partition coefficient (Wildman–Crippen LogP) is 2.79. The lowest BCUT2D eigenvalue weighted by atomic mass is 9.90. The quantitative estimate of drug-likeness (QED) is 0.897. The molecule has 0 bridgehead atoms. The molecule has 0 unspecified atom stereocenters. The molecule has 1 saturated heterocycles. The molecule has 27 heavy (non-hydrogen) atoms. The smallest absolute Gasteiger partial charge is 0.259 e. The minimum atomic E-state index is -0.163. The third-order valence-corrected chi connectivity index (χ3v) is 5.97. The lowest BCUT2D eigenvalue weighted by Gasteiger charge is -2.33. The minimum absolute atomic E-state index is 0.163. The van der Waals surface area contributed by atoms with Crippen LogP contribution < -0.4 is 5.32 Å². The van der Waals surface area contributed by atoms with Crippen molar-refractivity contribution in [3.63, 3.8) is 0 Å². The van der Waals surface area contributed by atoms with Crippen molar-refractivity contribution in [3.05, 3.63) is 23.0 Å². The standard InChI is InChI=1S/C20H26N4O3/c1-12-11-15(18(25)21-2)16-17(23-27-19(16)22-12)13-7-9-24(10-8-13)20(26)14-5-3-4-6-14/h11,13-14H,3-10H2,1-2H3,(H,21,25). The van der Waals surface area contributed by atoms with Crippen molar-refractivity contribution in [2.24, 2.45) is 5.92 Å². The van der Waals surface area contributed by atoms with Crippen LogP contribution in [0.15, 0.2) is 10.6 Å². The van der Waals surface area contributed by atoms with Gasteiger partial charge in [-0.3, -0.25) is 9.59 Å². The fourth-order valence-electron chi connectivity index (χ4n) is 4.49. The van der Waals surface area contributed by atoms with Crippen molar-refractivity contribution in [1.82, 2.24) is 20.4 Å². The maximum atomic E-state index is 12.7. The Bertz CT molecular complexity index is 861. The van der Waals surface area contributed by atoms with Crippen molar-refractivity contribution in [2.45, 2.75) is 51.4 Å². The van der Waals surface area contributed by atoms with Crippen LogP contribution in [0, 0.1) is 12.8 Å². The number of aryl methyl sites for hydroxylation is 1. The van der Waals surface area contributed by atoms with Crippen LogP contribution in [0.25, 0.3) is 11.1 Å². The summed E-state index contributed by atoms with van der Waals surface area (Å²) in [4.78, 5) is 31.4. The lowest BCUT2D eigenvalue weighted by molar-refractivity contribution is -0.136. The number of aromatic nitrogens is 2. The number of nitrogens with one attached hydrogen (secondary N) is 1. The highest BCUT2D eigenvalue weighted by Crippen LogP contribution is 2.35. The topological polar surface area (TPSA) is 88.3 Å². The van der Waals surface area contributed by atoms with E-state index >= 15 is 0 Å². The number of likely N-dealkylation sites (tertiary alicyclic amines) is 1. The second-order valence-corrected chi connectivity index (χ2v) is 7.72. The molecule has 144 valence electrons. The summed E-state index contributed by atoms with van der Waals surface area (Å²) in [7, 11) is 1.62. The summed E-state index contributed by atoms with van der Waals surface area (Å²) in [6, 6.07) is 1.78. The number of nitrogens with zero attached hydrogens (tertiary/aromatic N) is 3. The van der Waals surface area contributed by atoms with E-state index in [1.807, 2.05) is 11.8 Å². The first kappa shape index (κ1) is 17.9. The van der Waals surface area contributed by atoms with E-state index in [1.165, 1.54) is 12.8 Å². The van der Waals surface area contributed by atoms with Crippen LogP contribution in [0.2, 0.25) is 0 Å². The molecule has 2 aromatic rings. The number of rotatable bonds is 3. The van der Waals surface area contributed by atoms with Crippen LogP contribution in [0.1, 0.15) is 66.2 Å². The van der Waals surface area contributed by atoms with Crippen molar-refractivity contribution in [3.8, 4) is 0 Å². The summed E-state index contributed by atoms with van der Waals surface area (Å²) in [5.74, 6) is 0.552. The Balaban J connectivity index is 1.55. The van der Waals surface area contributed by atoms with Crippen LogP contribution in [0.4, 0.5) is 0 Å². The highest BCUT2D eigenvalue weighted by atomic mass is 16.5. The number of hydrogen-bond donors (Lipinski definition) is 1. The number of fused-ring (bicyclic) bond motifs is 1. The molecular formula is C20H26N4O3. The van der Waals surface area contributed by atoms with Gasteiger partial charge in [-0.1, -0.05) is 18.0 Å². The van der Waals surface area contributed by atoms with Gasteiger partial charge in [-0.25, -0.2) is 4.98 Å². The average Bonchev–Trinajstić information content (AvgIpc) is 3.36. The van der Waals surface area contributed by atoms with E-state index in [0.29, 0.717) is 22.6 Å². The number of pyridine rings is 1. The van der Waals surface area contributed by atoms with Crippen LogP contribution in [0.3, 0.4) is 0 Å². The lowest BCUT2D eigenvalue weighted by Crippen LogP contribution is -2.40. The molecule has 7 heteroatoms. The molecule has 1 saturated carbocycles. The van der Waals surface area contributed by atoms with Gasteiger partial charge in [0.2, 0.25) is 5.91 Å². The maximum Gasteiger partial charge on any atom is 0.259 e. The zero-order valence-electron chi connectivity index (χ0n) is 16.0. The van der Waals surface area contributed by atoms with Crippen molar-refractivity contribution >= 4 is 22.9 Å². The van der Waals surface area contributed by atoms with E-state index in [-0.39, 0.29) is 17.7 Å². The molecule has 0 aromatic carbocycles. The number of amides is 2. The van der Waals surface area contributed by atoms with Gasteiger partial charge in [-0.05, 0) is 38.7 Å². The van der Waals surface area contributed by atoms with Crippen LogP contribution in [0.5, 0.6) is 0 Å². The zero-order chi connectivity index (χ0) is 19.0. The van der Waals surface area contributed by atoms with E-state index in [0.717, 1.165) is 50.2 Å². The van der Waals surface area contributed by atoms with Crippen molar-refractivity contribution in [2.75, 3.05) is 20.1 Å². The molecule has 0 radical (unpaired) electrons. The van der Waals surface area contributed by atoms with Crippen LogP contribution >= 0.6 is 0 Å². The first-order valence-corrected chi connectivity index (χ1v) is 9.86. The first-order chi connectivity index (χ1) is 13.1. The molecular weight excluding hydrogens is 344 g/mol. The largest absolute Gasteiger partial charge is 0.355 e. The summed E-state index contributed by atoms with van der Waals surface area (Å²) in [6.07, 6.45) is 6.08. The molecule has 1 aliphatic carbocycles. The Kier molecular flexibility index (Phi) is 4.85. The van der Waals surface area contributed by atoms with E-state index < -0.39 is 0 Å². The molecule has 7 nitrogen and oxygen atoms in total. The molecule has 2 aromatic heterocycles. The number of piperidine rings is 1. The number of carbonyl (C=O) groups is 2. The molecule has 4 rings (SSSR count). The summed E-state index contributed by atoms with van der Waals surface area (Å²) < 4.78 is 5.45. The molecule has 0 spiro atoms. The van der Waals surface area contributed by atoms with Crippen LogP contribution in [-0.4, -0.2) is 47.0 Å². The first-order valence-electron chi connectivity index (χ1n) is 9.86. The Labute approximate surface area is 158 Å². The van der Waals surface area contributed by atoms with Crippen LogP contribution in [-0.2, 0) is 4.79 Å². The van der Waals surface area contributed by atoms with Crippen molar-refractivity contribution in [1.29, 1.82) is 0 Å². The van der Waals surface area contributed by atoms with E-state index in [9.17, 15) is 9.59 Å². The number of hydrogen-bond acceptors (Lipinski definition) is 5. The third kappa shape index (κ3) is 3.31. The highest BCUT2D eigenvalue weighted by molar-refractivity contribution is 6.06. The molecule has 2 amide bonds. The fraction of sp³-hybridized carbons (Fsp3) is 0.600. The third-order valence-electron chi connectivity index (χ3n) is 5.97. The fourth-order valence-corrected chi connectivity index (χ4v) is 4.49. The second kappa shape index (κ2) is 7.29. The SMILES string of the molecule is CNC(=O)c1cc(C)nc2onc(C3CCN(C(=O)C4CCCC4)CC3)c12. The van der Waals surface area contributed by atoms with Gasteiger partial charge >= 0.3 is 0 Å². The van der Waals surface area contributed by atoms with Gasteiger partial charge < -0.3 is 14.7 Å². The van der Waals surface area contributed by atoms with Crippen molar-refractivity contribution < 1.29 is 14.1 Å². The Morgan fingerprint density at radius 3 is 2.56 bits per heavy atom. The maximum absolute atomic E-state index is 12.7. The molecule has 1 aliphatic heterocycles. The summed E-state index contributed by atoms with van der Waals surface area (Å²) in [6.45, 7) is 3.31. The van der Waals surface area contributed by atoms with Gasteiger partial charge in [0.15, 0.2) is 0 Å². The zero-order valence-corrected chi connectivity index (χ0v) is 16.0. The Morgan fingerprint density at radius 2 is 1.89 bits per heavy atom. The molecule has 3 heterocycles. The molecule has 2 fully saturated rings. The number of carbonyl (C=O) groups excluding carboxylic acids is 2. The molecule has 2 aliphatic rings. The van der Waals surface area contributed by atoms with Gasteiger partial charge in [-0.15, -0.1) is 0 Å². The molecule has 0 atom stereocenters. The van der Waals surface area contributed by atoms with Gasteiger partial charge in [-0.2, -0.15) is 0 Å². The normalized spacial score (nSPS) is 19.0. The second-order valence-electron chi connectivity index (χ2n) is 7.72. The van der Waals surface area contributed by atoms with Gasteiger partial charge in [0, 0.05) is 37.7 Å². The minimum Gasteiger partial charge on any atom is -0.355 e. The predicted molar refractivity (Wildman–Crippen MR) is 100 cm³/mol. The van der Waals surface area contributed by atoms with Gasteiger partial charge in [0.05, 0.1) is 16.6 Å². The summed E-state index contributed by atoms with van der Waals surface area (Å²) >= 11 is 0. The van der Waals surface area contributed by atoms with E-state index in [2.05, 4.69) is 15.5 Å². The Morgan fingerprint density at radius 1 is 1.19 bits per heavy atom. The summed E-state index contributed by atoms with van der Waals surface area (Å²) in [5.41, 5.74) is 2.48. The van der Waals surface area contributed by atoms with Gasteiger partial charge in [0.1, 0.15) is 0 Å². The average molecular weight is 370 g/mol. The van der Waals surface area contributed by atoms with Gasteiger partial charge in [0.25, 0.3) is 11.6 Å². The van der Waals surface area contributed by atoms with E-state index in [1.54, 1.807) is 13.1 Å². The molecule has 1 N–H and O–H groups in total. The summed E-state index contributed by atoms with van der Waals surface area (Å²) in [5, 5.41) is 7.66. The monoisotopic (exact) mass is 370 g/mol. The Hall–Kier alpha value is -2.44. The van der Waals surface area contributed by atoms with E-state index in [4.69, 9.17) is 4.52 Å².